The monoisotopic (exact) mass is 290 g/mol. The number of anilines is 2. The summed E-state index contributed by atoms with van der Waals surface area (Å²) in [5, 5.41) is 0. The summed E-state index contributed by atoms with van der Waals surface area (Å²) < 4.78 is 21.4. The minimum absolute atomic E-state index is 0.171. The normalized spacial score (nSPS) is 18.4. The van der Waals surface area contributed by atoms with E-state index in [0.717, 1.165) is 30.9 Å². The van der Waals surface area contributed by atoms with Gasteiger partial charge in [0.15, 0.2) is 0 Å². The Balaban J connectivity index is 2.01. The van der Waals surface area contributed by atoms with Gasteiger partial charge in [0.05, 0.1) is 17.5 Å². The third-order valence-corrected chi connectivity index (χ3v) is 4.01. The lowest BCUT2D eigenvalue weighted by atomic mass is 10.1. The van der Waals surface area contributed by atoms with Crippen molar-refractivity contribution in [3.05, 3.63) is 30.3 Å². The van der Waals surface area contributed by atoms with Crippen LogP contribution in [0.5, 0.6) is 0 Å². The molecule has 112 valence electrons. The molecule has 0 saturated carbocycles. The van der Waals surface area contributed by atoms with Crippen LogP contribution in [0.25, 0.3) is 11.4 Å². The number of aryl methyl sites for hydroxylation is 1. The van der Waals surface area contributed by atoms with E-state index in [2.05, 4.69) is 9.88 Å². The van der Waals surface area contributed by atoms with E-state index in [1.54, 1.807) is 13.3 Å². The number of hydrogen-bond acceptors (Lipinski definition) is 4. The number of hydrogen-bond donors (Lipinski definition) is 1. The number of methoxy groups -OCH3 is 1. The number of nitrogens with two attached hydrogens (primary N) is 1. The van der Waals surface area contributed by atoms with E-state index in [1.807, 2.05) is 23.9 Å². The van der Waals surface area contributed by atoms with Gasteiger partial charge in [-0.1, -0.05) is 0 Å². The molecule has 0 aliphatic carbocycles. The van der Waals surface area contributed by atoms with Crippen molar-refractivity contribution in [2.45, 2.75) is 12.5 Å². The second-order valence-electron chi connectivity index (χ2n) is 5.35. The molecule has 0 amide bonds. The van der Waals surface area contributed by atoms with Gasteiger partial charge in [-0.25, -0.2) is 9.37 Å². The van der Waals surface area contributed by atoms with Crippen LogP contribution >= 0.6 is 0 Å². The predicted molar refractivity (Wildman–Crippen MR) is 80.6 cm³/mol. The Morgan fingerprint density at radius 1 is 1.43 bits per heavy atom. The third kappa shape index (κ3) is 2.47. The number of benzene rings is 1. The lowest BCUT2D eigenvalue weighted by Crippen LogP contribution is -2.23. The van der Waals surface area contributed by atoms with Crippen LogP contribution in [-0.2, 0) is 11.8 Å². The van der Waals surface area contributed by atoms with Gasteiger partial charge >= 0.3 is 0 Å². The smallest absolute Gasteiger partial charge is 0.148 e. The number of nitrogens with zero attached hydrogens (tertiary/aromatic N) is 3. The molecule has 1 saturated heterocycles. The van der Waals surface area contributed by atoms with Gasteiger partial charge in [0.2, 0.25) is 0 Å². The summed E-state index contributed by atoms with van der Waals surface area (Å²) >= 11 is 0. The molecule has 1 aliphatic rings. The molecule has 1 fully saturated rings. The predicted octanol–water partition coefficient (Wildman–Crippen LogP) is 2.03. The molecule has 2 heterocycles. The average molecular weight is 290 g/mol. The Morgan fingerprint density at radius 2 is 2.24 bits per heavy atom. The summed E-state index contributed by atoms with van der Waals surface area (Å²) in [5.41, 5.74) is 7.55. The van der Waals surface area contributed by atoms with Crippen molar-refractivity contribution in [3.8, 4) is 11.4 Å². The Hall–Kier alpha value is -2.08. The van der Waals surface area contributed by atoms with Crippen LogP contribution in [0.4, 0.5) is 15.8 Å². The standard InChI is InChI=1S/C15H19FN4O/c1-19-6-4-18-15(19)10-7-12(16)14(17)13(8-10)20-5-3-11(9-20)21-2/h4,6-8,11H,3,5,9,17H2,1-2H3. The van der Waals surface area contributed by atoms with Crippen molar-refractivity contribution in [2.75, 3.05) is 30.8 Å². The van der Waals surface area contributed by atoms with Gasteiger partial charge < -0.3 is 19.9 Å². The fraction of sp³-hybridized carbons (Fsp3) is 0.400. The van der Waals surface area contributed by atoms with Crippen molar-refractivity contribution < 1.29 is 9.13 Å². The van der Waals surface area contributed by atoms with Crippen molar-refractivity contribution in [2.24, 2.45) is 7.05 Å². The lowest BCUT2D eigenvalue weighted by Gasteiger charge is -2.21. The second-order valence-corrected chi connectivity index (χ2v) is 5.35. The van der Waals surface area contributed by atoms with E-state index in [-0.39, 0.29) is 11.8 Å². The molecule has 1 unspecified atom stereocenters. The third-order valence-electron chi connectivity index (χ3n) is 4.01. The topological polar surface area (TPSA) is 56.3 Å². The first-order valence-corrected chi connectivity index (χ1v) is 6.94. The summed E-state index contributed by atoms with van der Waals surface area (Å²) in [7, 11) is 3.58. The van der Waals surface area contributed by atoms with Crippen LogP contribution in [-0.4, -0.2) is 35.9 Å². The molecule has 0 spiro atoms. The first-order valence-electron chi connectivity index (χ1n) is 6.94. The summed E-state index contributed by atoms with van der Waals surface area (Å²) in [6.07, 6.45) is 4.62. The van der Waals surface area contributed by atoms with E-state index >= 15 is 0 Å². The number of aromatic nitrogens is 2. The highest BCUT2D eigenvalue weighted by Crippen LogP contribution is 2.34. The first kappa shape index (κ1) is 13.9. The molecular weight excluding hydrogens is 271 g/mol. The number of ether oxygens (including phenoxy) is 1. The number of rotatable bonds is 3. The van der Waals surface area contributed by atoms with Crippen molar-refractivity contribution in [1.29, 1.82) is 0 Å². The lowest BCUT2D eigenvalue weighted by molar-refractivity contribution is 0.121. The van der Waals surface area contributed by atoms with E-state index < -0.39 is 5.82 Å². The van der Waals surface area contributed by atoms with E-state index in [9.17, 15) is 4.39 Å². The van der Waals surface area contributed by atoms with Crippen LogP contribution in [0.3, 0.4) is 0 Å². The van der Waals surface area contributed by atoms with E-state index in [4.69, 9.17) is 10.5 Å². The zero-order chi connectivity index (χ0) is 15.0. The van der Waals surface area contributed by atoms with Gasteiger partial charge in [-0.3, -0.25) is 0 Å². The van der Waals surface area contributed by atoms with Crippen molar-refractivity contribution in [1.82, 2.24) is 9.55 Å². The van der Waals surface area contributed by atoms with Crippen molar-refractivity contribution >= 4 is 11.4 Å². The number of nitrogen functional groups attached to an aromatic ring is 1. The molecule has 6 heteroatoms. The zero-order valence-electron chi connectivity index (χ0n) is 12.2. The van der Waals surface area contributed by atoms with Crippen LogP contribution in [0.1, 0.15) is 6.42 Å². The van der Waals surface area contributed by atoms with Gasteiger partial charge in [-0.15, -0.1) is 0 Å². The molecule has 2 aromatic rings. The Bertz CT molecular complexity index is 655. The molecule has 1 aliphatic heterocycles. The average Bonchev–Trinajstić information content (AvgIpc) is 3.10. The molecule has 1 aromatic heterocycles. The molecule has 1 atom stereocenters. The minimum Gasteiger partial charge on any atom is -0.395 e. The Kier molecular flexibility index (Phi) is 3.55. The molecule has 0 bridgehead atoms. The minimum atomic E-state index is -0.411. The maximum absolute atomic E-state index is 14.2. The van der Waals surface area contributed by atoms with Gasteiger partial charge in [0.1, 0.15) is 11.6 Å². The molecule has 3 rings (SSSR count). The number of imidazole rings is 1. The SMILES string of the molecule is COC1CCN(c2cc(-c3nccn3C)cc(F)c2N)C1. The summed E-state index contributed by atoms with van der Waals surface area (Å²) in [4.78, 5) is 6.34. The number of halogens is 1. The molecule has 0 radical (unpaired) electrons. The molecular formula is C15H19FN4O. The fourth-order valence-electron chi connectivity index (χ4n) is 2.78. The van der Waals surface area contributed by atoms with Gasteiger partial charge in [-0.05, 0) is 18.6 Å². The molecule has 5 nitrogen and oxygen atoms in total. The van der Waals surface area contributed by atoms with Crippen LogP contribution in [0, 0.1) is 5.82 Å². The quantitative estimate of drug-likeness (QED) is 0.879. The summed E-state index contributed by atoms with van der Waals surface area (Å²) in [6, 6.07) is 3.34. The fourth-order valence-corrected chi connectivity index (χ4v) is 2.78. The molecule has 21 heavy (non-hydrogen) atoms. The van der Waals surface area contributed by atoms with Gasteiger partial charge in [0.25, 0.3) is 0 Å². The maximum Gasteiger partial charge on any atom is 0.148 e. The largest absolute Gasteiger partial charge is 0.395 e. The van der Waals surface area contributed by atoms with Crippen LogP contribution in [0.15, 0.2) is 24.5 Å². The maximum atomic E-state index is 14.2. The highest BCUT2D eigenvalue weighted by molar-refractivity contribution is 5.75. The van der Waals surface area contributed by atoms with Crippen LogP contribution < -0.4 is 10.6 Å². The van der Waals surface area contributed by atoms with Gasteiger partial charge in [0, 0.05) is 45.2 Å². The summed E-state index contributed by atoms with van der Waals surface area (Å²) in [5.74, 6) is 0.309. The Morgan fingerprint density at radius 3 is 2.86 bits per heavy atom. The summed E-state index contributed by atoms with van der Waals surface area (Å²) in [6.45, 7) is 1.54. The molecule has 1 aromatic carbocycles. The molecule has 2 N–H and O–H groups in total. The highest BCUT2D eigenvalue weighted by Gasteiger charge is 2.25. The van der Waals surface area contributed by atoms with Crippen LogP contribution in [0.2, 0.25) is 0 Å². The van der Waals surface area contributed by atoms with E-state index in [1.165, 1.54) is 6.07 Å². The second kappa shape index (κ2) is 5.37. The highest BCUT2D eigenvalue weighted by atomic mass is 19.1. The van der Waals surface area contributed by atoms with E-state index in [0.29, 0.717) is 5.69 Å². The van der Waals surface area contributed by atoms with Gasteiger partial charge in [-0.2, -0.15) is 0 Å². The Labute approximate surface area is 123 Å². The first-order chi connectivity index (χ1) is 10.1. The zero-order valence-corrected chi connectivity index (χ0v) is 12.2. The van der Waals surface area contributed by atoms with Crippen molar-refractivity contribution in [3.63, 3.8) is 0 Å².